The van der Waals surface area contributed by atoms with Gasteiger partial charge in [0.05, 0.1) is 12.1 Å². The lowest BCUT2D eigenvalue weighted by Crippen LogP contribution is -2.45. The van der Waals surface area contributed by atoms with Gasteiger partial charge in [0, 0.05) is 13.5 Å². The average Bonchev–Trinajstić information content (AvgIpc) is 2.67. The lowest BCUT2D eigenvalue weighted by Gasteiger charge is -2.27. The van der Waals surface area contributed by atoms with E-state index in [1.165, 1.54) is 12.0 Å². The van der Waals surface area contributed by atoms with Gasteiger partial charge < -0.3 is 14.7 Å². The third kappa shape index (κ3) is 2.55. The van der Waals surface area contributed by atoms with Gasteiger partial charge in [-0.2, -0.15) is 0 Å². The molecule has 1 aliphatic heterocycles. The Bertz CT molecular complexity index is 339. The van der Waals surface area contributed by atoms with Gasteiger partial charge in [-0.3, -0.25) is 4.79 Å². The third-order valence-electron chi connectivity index (χ3n) is 3.00. The molecule has 1 saturated heterocycles. The van der Waals surface area contributed by atoms with Crippen molar-refractivity contribution in [1.82, 2.24) is 4.90 Å². The summed E-state index contributed by atoms with van der Waals surface area (Å²) in [6.45, 7) is 7.01. The maximum Gasteiger partial charge on any atom is 0.326 e. The summed E-state index contributed by atoms with van der Waals surface area (Å²) in [7, 11) is 1.52. The van der Waals surface area contributed by atoms with E-state index >= 15 is 0 Å². The van der Waals surface area contributed by atoms with Crippen LogP contribution in [0.4, 0.5) is 0 Å². The molecule has 5 heteroatoms. The molecule has 3 atom stereocenters. The minimum absolute atomic E-state index is 0.280. The molecule has 0 aliphatic carbocycles. The molecule has 1 amide bonds. The number of aliphatic carboxylic acids is 1. The van der Waals surface area contributed by atoms with Crippen LogP contribution in [0, 0.1) is 0 Å². The third-order valence-corrected chi connectivity index (χ3v) is 3.00. The van der Waals surface area contributed by atoms with E-state index in [-0.39, 0.29) is 18.1 Å². The summed E-state index contributed by atoms with van der Waals surface area (Å²) < 4.78 is 5.24. The van der Waals surface area contributed by atoms with E-state index in [2.05, 4.69) is 13.2 Å². The number of carboxylic acid groups (broad SMARTS) is 1. The van der Waals surface area contributed by atoms with Crippen LogP contribution in [0.5, 0.6) is 0 Å². The largest absolute Gasteiger partial charge is 0.480 e. The van der Waals surface area contributed by atoms with Crippen LogP contribution in [0.25, 0.3) is 0 Å². The predicted molar refractivity (Wildman–Crippen MR) is 62.5 cm³/mol. The molecule has 1 rings (SSSR count). The van der Waals surface area contributed by atoms with Gasteiger partial charge in [-0.15, -0.1) is 6.58 Å². The van der Waals surface area contributed by atoms with Crippen molar-refractivity contribution in [2.45, 2.75) is 31.0 Å². The van der Waals surface area contributed by atoms with Crippen LogP contribution in [0.3, 0.4) is 0 Å². The van der Waals surface area contributed by atoms with Crippen molar-refractivity contribution in [2.24, 2.45) is 0 Å². The Morgan fingerprint density at radius 1 is 1.53 bits per heavy atom. The zero-order valence-electron chi connectivity index (χ0n) is 9.83. The molecule has 94 valence electrons. The van der Waals surface area contributed by atoms with Crippen LogP contribution in [0.2, 0.25) is 0 Å². The lowest BCUT2D eigenvalue weighted by molar-refractivity contribution is -0.147. The first-order valence-corrected chi connectivity index (χ1v) is 5.38. The van der Waals surface area contributed by atoms with E-state index in [1.807, 2.05) is 0 Å². The second kappa shape index (κ2) is 5.63. The number of likely N-dealkylation sites (tertiary alicyclic amines) is 1. The first-order valence-electron chi connectivity index (χ1n) is 5.38. The first kappa shape index (κ1) is 13.4. The van der Waals surface area contributed by atoms with E-state index in [0.717, 1.165) is 6.08 Å². The van der Waals surface area contributed by atoms with Gasteiger partial charge >= 0.3 is 5.97 Å². The van der Waals surface area contributed by atoms with E-state index in [1.54, 1.807) is 6.08 Å². The molecular formula is C12H17NO4. The molecule has 17 heavy (non-hydrogen) atoms. The molecule has 0 bridgehead atoms. The molecule has 0 aromatic rings. The highest BCUT2D eigenvalue weighted by Crippen LogP contribution is 2.29. The van der Waals surface area contributed by atoms with Gasteiger partial charge in [-0.25, -0.2) is 4.79 Å². The minimum Gasteiger partial charge on any atom is -0.480 e. The van der Waals surface area contributed by atoms with Crippen molar-refractivity contribution in [2.75, 3.05) is 7.11 Å². The number of carboxylic acids is 1. The number of methoxy groups -OCH3 is 1. The highest BCUT2D eigenvalue weighted by molar-refractivity contribution is 5.91. The van der Waals surface area contributed by atoms with Crippen molar-refractivity contribution < 1.29 is 19.4 Å². The minimum atomic E-state index is -1.02. The summed E-state index contributed by atoms with van der Waals surface area (Å²) >= 11 is 0. The SMILES string of the molecule is C=CCC1C(OC)C[C@H](C(=O)O)N1C(=O)C=C. The monoisotopic (exact) mass is 239 g/mol. The molecule has 5 nitrogen and oxygen atoms in total. The molecule has 0 aromatic carbocycles. The number of hydrogen-bond acceptors (Lipinski definition) is 3. The van der Waals surface area contributed by atoms with Gasteiger partial charge in [0.2, 0.25) is 5.91 Å². The smallest absolute Gasteiger partial charge is 0.326 e. The first-order chi connectivity index (χ1) is 8.06. The zero-order chi connectivity index (χ0) is 13.0. The van der Waals surface area contributed by atoms with Crippen molar-refractivity contribution in [1.29, 1.82) is 0 Å². The maximum absolute atomic E-state index is 11.7. The van der Waals surface area contributed by atoms with E-state index in [9.17, 15) is 9.59 Å². The van der Waals surface area contributed by atoms with Gasteiger partial charge in [0.15, 0.2) is 0 Å². The predicted octanol–water partition coefficient (Wildman–Crippen LogP) is 0.818. The number of rotatable bonds is 5. The lowest BCUT2D eigenvalue weighted by atomic mass is 10.1. The number of amides is 1. The number of carbonyl (C=O) groups is 2. The second-order valence-corrected chi connectivity index (χ2v) is 3.91. The highest BCUT2D eigenvalue weighted by atomic mass is 16.5. The molecule has 1 heterocycles. The summed E-state index contributed by atoms with van der Waals surface area (Å²) in [4.78, 5) is 24.2. The van der Waals surface area contributed by atoms with E-state index < -0.39 is 12.0 Å². The summed E-state index contributed by atoms with van der Waals surface area (Å²) in [6, 6.07) is -1.14. The molecular weight excluding hydrogens is 222 g/mol. The Kier molecular flexibility index (Phi) is 4.45. The normalized spacial score (nSPS) is 27.8. The molecule has 0 aromatic heterocycles. The van der Waals surface area contributed by atoms with Crippen molar-refractivity contribution in [3.05, 3.63) is 25.3 Å². The summed E-state index contributed by atoms with van der Waals surface area (Å²) in [5.41, 5.74) is 0. The quantitative estimate of drug-likeness (QED) is 0.569. The fraction of sp³-hybridized carbons (Fsp3) is 0.500. The number of hydrogen-bond donors (Lipinski definition) is 1. The van der Waals surface area contributed by atoms with Crippen LogP contribution in [-0.2, 0) is 14.3 Å². The van der Waals surface area contributed by atoms with E-state index in [4.69, 9.17) is 9.84 Å². The second-order valence-electron chi connectivity index (χ2n) is 3.91. The Balaban J connectivity index is 3.03. The van der Waals surface area contributed by atoms with E-state index in [0.29, 0.717) is 12.8 Å². The molecule has 0 saturated carbocycles. The molecule has 1 fully saturated rings. The number of carbonyl (C=O) groups excluding carboxylic acids is 1. The van der Waals surface area contributed by atoms with Crippen molar-refractivity contribution >= 4 is 11.9 Å². The van der Waals surface area contributed by atoms with Crippen LogP contribution < -0.4 is 0 Å². The number of ether oxygens (including phenoxy) is 1. The van der Waals surface area contributed by atoms with Crippen LogP contribution in [-0.4, -0.2) is 47.2 Å². The Morgan fingerprint density at radius 2 is 2.18 bits per heavy atom. The fourth-order valence-electron chi connectivity index (χ4n) is 2.23. The fourth-order valence-corrected chi connectivity index (χ4v) is 2.23. The summed E-state index contributed by atoms with van der Waals surface area (Å²) in [6.07, 6.45) is 3.30. The molecule has 0 spiro atoms. The van der Waals surface area contributed by atoms with Gasteiger partial charge in [-0.1, -0.05) is 12.7 Å². The molecule has 1 aliphatic rings. The number of nitrogens with zero attached hydrogens (tertiary/aromatic N) is 1. The zero-order valence-corrected chi connectivity index (χ0v) is 9.83. The molecule has 0 radical (unpaired) electrons. The van der Waals surface area contributed by atoms with Gasteiger partial charge in [0.25, 0.3) is 0 Å². The van der Waals surface area contributed by atoms with Gasteiger partial charge in [0.1, 0.15) is 6.04 Å². The average molecular weight is 239 g/mol. The summed E-state index contributed by atoms with van der Waals surface area (Å²) in [5.74, 6) is -1.40. The maximum atomic E-state index is 11.7. The van der Waals surface area contributed by atoms with Crippen molar-refractivity contribution in [3.8, 4) is 0 Å². The topological polar surface area (TPSA) is 66.8 Å². The standard InChI is InChI=1S/C12H17NO4/c1-4-6-8-10(17-3)7-9(12(15)16)13(8)11(14)5-2/h4-5,8-10H,1-2,6-7H2,3H3,(H,15,16)/t8?,9-,10?/m1/s1. The molecule has 1 N–H and O–H groups in total. The van der Waals surface area contributed by atoms with Crippen LogP contribution in [0.15, 0.2) is 25.3 Å². The van der Waals surface area contributed by atoms with Crippen molar-refractivity contribution in [3.63, 3.8) is 0 Å². The Hall–Kier alpha value is -1.62. The molecule has 2 unspecified atom stereocenters. The van der Waals surface area contributed by atoms with Gasteiger partial charge in [-0.05, 0) is 12.5 Å². The van der Waals surface area contributed by atoms with Crippen LogP contribution in [0.1, 0.15) is 12.8 Å². The Morgan fingerprint density at radius 3 is 2.59 bits per heavy atom. The summed E-state index contributed by atoms with van der Waals surface area (Å²) in [5, 5.41) is 9.12. The Labute approximate surface area is 100 Å². The van der Waals surface area contributed by atoms with Crippen LogP contribution >= 0.6 is 0 Å². The highest BCUT2D eigenvalue weighted by Gasteiger charge is 2.45.